The smallest absolute Gasteiger partial charge is 0.203 e. The summed E-state index contributed by atoms with van der Waals surface area (Å²) in [6.07, 6.45) is 0. The van der Waals surface area contributed by atoms with E-state index in [9.17, 15) is 0 Å². The van der Waals surface area contributed by atoms with Crippen molar-refractivity contribution in [2.24, 2.45) is 5.92 Å². The van der Waals surface area contributed by atoms with Gasteiger partial charge >= 0.3 is 0 Å². The Morgan fingerprint density at radius 3 is 2.25 bits per heavy atom. The number of hydrogen-bond donors (Lipinski definition) is 1. The fraction of sp³-hybridized carbons (Fsp3) is 0.750. The Labute approximate surface area is 77.0 Å². The van der Waals surface area contributed by atoms with Crippen LogP contribution in [-0.2, 0) is 5.41 Å². The second-order valence-electron chi connectivity index (χ2n) is 3.82. The standard InChI is InChI=1S/C8H15N3S/c1-5(2)8(3,4)6-10-11-7(9)12-6/h5H,1-4H3,(H2,9,11). The fourth-order valence-corrected chi connectivity index (χ4v) is 1.60. The van der Waals surface area contributed by atoms with Crippen molar-refractivity contribution in [3.8, 4) is 0 Å². The first kappa shape index (κ1) is 9.45. The van der Waals surface area contributed by atoms with E-state index >= 15 is 0 Å². The summed E-state index contributed by atoms with van der Waals surface area (Å²) in [5.74, 6) is 0.546. The van der Waals surface area contributed by atoms with E-state index in [4.69, 9.17) is 5.73 Å². The maximum absolute atomic E-state index is 5.52. The lowest BCUT2D eigenvalue weighted by atomic mass is 9.82. The molecule has 0 atom stereocenters. The molecule has 1 rings (SSSR count). The van der Waals surface area contributed by atoms with Crippen LogP contribution in [0.1, 0.15) is 32.7 Å². The third-order valence-corrected chi connectivity index (χ3v) is 3.53. The Balaban J connectivity index is 2.97. The van der Waals surface area contributed by atoms with Crippen molar-refractivity contribution in [2.45, 2.75) is 33.1 Å². The molecule has 3 nitrogen and oxygen atoms in total. The third kappa shape index (κ3) is 1.58. The monoisotopic (exact) mass is 185 g/mol. The molecule has 4 heteroatoms. The van der Waals surface area contributed by atoms with Crippen LogP contribution in [0.4, 0.5) is 5.13 Å². The van der Waals surface area contributed by atoms with Crippen LogP contribution < -0.4 is 5.73 Å². The first-order chi connectivity index (χ1) is 5.44. The summed E-state index contributed by atoms with van der Waals surface area (Å²) in [4.78, 5) is 0. The molecule has 0 aliphatic heterocycles. The highest BCUT2D eigenvalue weighted by molar-refractivity contribution is 7.15. The number of rotatable bonds is 2. The lowest BCUT2D eigenvalue weighted by molar-refractivity contribution is 0.368. The van der Waals surface area contributed by atoms with E-state index in [-0.39, 0.29) is 5.41 Å². The Hall–Kier alpha value is -0.640. The van der Waals surface area contributed by atoms with Gasteiger partial charge in [0.05, 0.1) is 0 Å². The molecule has 1 aromatic rings. The van der Waals surface area contributed by atoms with E-state index < -0.39 is 0 Å². The zero-order chi connectivity index (χ0) is 9.35. The minimum atomic E-state index is 0.0787. The van der Waals surface area contributed by atoms with Crippen molar-refractivity contribution in [1.82, 2.24) is 10.2 Å². The van der Waals surface area contributed by atoms with Crippen LogP contribution in [0.5, 0.6) is 0 Å². The van der Waals surface area contributed by atoms with Gasteiger partial charge < -0.3 is 5.73 Å². The van der Waals surface area contributed by atoms with Gasteiger partial charge in [0.25, 0.3) is 0 Å². The number of anilines is 1. The molecule has 0 bridgehead atoms. The molecule has 68 valence electrons. The van der Waals surface area contributed by atoms with Gasteiger partial charge in [-0.05, 0) is 5.92 Å². The zero-order valence-electron chi connectivity index (χ0n) is 7.96. The number of aromatic nitrogens is 2. The largest absolute Gasteiger partial charge is 0.374 e. The first-order valence-electron chi connectivity index (χ1n) is 4.04. The lowest BCUT2D eigenvalue weighted by Gasteiger charge is -2.25. The van der Waals surface area contributed by atoms with E-state index in [0.717, 1.165) is 5.01 Å². The van der Waals surface area contributed by atoms with Gasteiger partial charge in [-0.3, -0.25) is 0 Å². The molecule has 0 saturated carbocycles. The van der Waals surface area contributed by atoms with Crippen LogP contribution in [0.3, 0.4) is 0 Å². The Morgan fingerprint density at radius 2 is 1.92 bits per heavy atom. The quantitative estimate of drug-likeness (QED) is 0.767. The molecule has 0 fully saturated rings. The summed E-state index contributed by atoms with van der Waals surface area (Å²) in [5, 5.41) is 9.44. The van der Waals surface area contributed by atoms with Gasteiger partial charge in [0, 0.05) is 5.41 Å². The molecule has 0 unspecified atom stereocenters. The summed E-state index contributed by atoms with van der Waals surface area (Å²) >= 11 is 1.48. The molecule has 12 heavy (non-hydrogen) atoms. The van der Waals surface area contributed by atoms with E-state index in [1.54, 1.807) is 0 Å². The second-order valence-corrected chi connectivity index (χ2v) is 4.83. The van der Waals surface area contributed by atoms with Crippen molar-refractivity contribution in [3.63, 3.8) is 0 Å². The summed E-state index contributed by atoms with van der Waals surface area (Å²) in [7, 11) is 0. The third-order valence-electron chi connectivity index (χ3n) is 2.44. The molecule has 1 aromatic heterocycles. The molecule has 2 N–H and O–H groups in total. The Kier molecular flexibility index (Phi) is 2.37. The summed E-state index contributed by atoms with van der Waals surface area (Å²) in [6, 6.07) is 0. The predicted octanol–water partition coefficient (Wildman–Crippen LogP) is 2.05. The van der Waals surface area contributed by atoms with Crippen molar-refractivity contribution in [3.05, 3.63) is 5.01 Å². The van der Waals surface area contributed by atoms with E-state index in [0.29, 0.717) is 11.0 Å². The maximum atomic E-state index is 5.52. The molecular formula is C8H15N3S. The second kappa shape index (κ2) is 3.01. The lowest BCUT2D eigenvalue weighted by Crippen LogP contribution is -2.24. The highest BCUT2D eigenvalue weighted by Crippen LogP contribution is 2.33. The number of hydrogen-bond acceptors (Lipinski definition) is 4. The predicted molar refractivity (Wildman–Crippen MR) is 52.2 cm³/mol. The fourth-order valence-electron chi connectivity index (χ4n) is 0.742. The van der Waals surface area contributed by atoms with Gasteiger partial charge in [0.2, 0.25) is 5.13 Å². The molecule has 1 heterocycles. The minimum Gasteiger partial charge on any atom is -0.374 e. The van der Waals surface area contributed by atoms with Crippen molar-refractivity contribution in [1.29, 1.82) is 0 Å². The Bertz CT molecular complexity index is 265. The van der Waals surface area contributed by atoms with Gasteiger partial charge in [-0.1, -0.05) is 39.0 Å². The molecule has 0 radical (unpaired) electrons. The molecule has 0 aliphatic carbocycles. The van der Waals surface area contributed by atoms with Crippen LogP contribution in [0.2, 0.25) is 0 Å². The van der Waals surface area contributed by atoms with Crippen molar-refractivity contribution < 1.29 is 0 Å². The normalized spacial score (nSPS) is 12.4. The molecule has 0 spiro atoms. The van der Waals surface area contributed by atoms with Gasteiger partial charge in [0.15, 0.2) is 0 Å². The SMILES string of the molecule is CC(C)C(C)(C)c1nnc(N)s1. The molecule has 0 amide bonds. The van der Waals surface area contributed by atoms with Crippen LogP contribution in [-0.4, -0.2) is 10.2 Å². The summed E-state index contributed by atoms with van der Waals surface area (Å²) < 4.78 is 0. The van der Waals surface area contributed by atoms with E-state index in [1.807, 2.05) is 0 Å². The van der Waals surface area contributed by atoms with E-state index in [1.165, 1.54) is 11.3 Å². The number of nitrogens with zero attached hydrogens (tertiary/aromatic N) is 2. The van der Waals surface area contributed by atoms with Gasteiger partial charge in [-0.15, -0.1) is 10.2 Å². The Morgan fingerprint density at radius 1 is 1.33 bits per heavy atom. The van der Waals surface area contributed by atoms with Crippen LogP contribution in [0.25, 0.3) is 0 Å². The van der Waals surface area contributed by atoms with Crippen molar-refractivity contribution >= 4 is 16.5 Å². The average Bonchev–Trinajstić information content (AvgIpc) is 2.35. The maximum Gasteiger partial charge on any atom is 0.203 e. The zero-order valence-corrected chi connectivity index (χ0v) is 8.77. The van der Waals surface area contributed by atoms with Gasteiger partial charge in [-0.2, -0.15) is 0 Å². The topological polar surface area (TPSA) is 51.8 Å². The highest BCUT2D eigenvalue weighted by atomic mass is 32.1. The van der Waals surface area contributed by atoms with Gasteiger partial charge in [-0.25, -0.2) is 0 Å². The van der Waals surface area contributed by atoms with Crippen molar-refractivity contribution in [2.75, 3.05) is 5.73 Å². The number of nitrogens with two attached hydrogens (primary N) is 1. The molecule has 0 aliphatic rings. The van der Waals surface area contributed by atoms with Crippen LogP contribution in [0, 0.1) is 5.92 Å². The van der Waals surface area contributed by atoms with Gasteiger partial charge in [0.1, 0.15) is 5.01 Å². The molecule has 0 aromatic carbocycles. The van der Waals surface area contributed by atoms with Crippen LogP contribution in [0.15, 0.2) is 0 Å². The number of nitrogen functional groups attached to an aromatic ring is 1. The molecule has 0 saturated heterocycles. The summed E-state index contributed by atoms with van der Waals surface area (Å²) in [5.41, 5.74) is 5.60. The highest BCUT2D eigenvalue weighted by Gasteiger charge is 2.28. The average molecular weight is 185 g/mol. The minimum absolute atomic E-state index is 0.0787. The summed E-state index contributed by atoms with van der Waals surface area (Å²) in [6.45, 7) is 8.68. The van der Waals surface area contributed by atoms with E-state index in [2.05, 4.69) is 37.9 Å². The van der Waals surface area contributed by atoms with Crippen LogP contribution >= 0.6 is 11.3 Å². The first-order valence-corrected chi connectivity index (χ1v) is 4.85. The molecular weight excluding hydrogens is 170 g/mol.